The Morgan fingerprint density at radius 2 is 1.55 bits per heavy atom. The second-order valence-corrected chi connectivity index (χ2v) is 7.46. The monoisotopic (exact) mass is 293 g/mol. The Bertz CT molecular complexity index is 714. The van der Waals surface area contributed by atoms with Crippen molar-refractivity contribution in [2.45, 2.75) is 20.3 Å². The second-order valence-electron chi connectivity index (χ2n) is 7.46. The molecule has 4 aliphatic carbocycles. The van der Waals surface area contributed by atoms with Crippen LogP contribution in [0.2, 0.25) is 0 Å². The number of benzene rings is 1. The van der Waals surface area contributed by atoms with E-state index in [-0.39, 0.29) is 23.7 Å². The molecule has 0 aromatic heterocycles. The fourth-order valence-electron chi connectivity index (χ4n) is 5.15. The molecule has 3 heteroatoms. The summed E-state index contributed by atoms with van der Waals surface area (Å²) >= 11 is 0. The number of hydrogen-bond acceptors (Lipinski definition) is 2. The first-order valence-electron chi connectivity index (χ1n) is 8.21. The summed E-state index contributed by atoms with van der Waals surface area (Å²) in [6.07, 6.45) is 5.65. The minimum Gasteiger partial charge on any atom is -0.274 e. The smallest absolute Gasteiger partial charge is 0.238 e. The van der Waals surface area contributed by atoms with Crippen molar-refractivity contribution >= 4 is 17.5 Å². The molecule has 6 atom stereocenters. The van der Waals surface area contributed by atoms with Crippen molar-refractivity contribution in [3.63, 3.8) is 0 Å². The Labute approximate surface area is 130 Å². The molecule has 22 heavy (non-hydrogen) atoms. The van der Waals surface area contributed by atoms with Crippen molar-refractivity contribution in [3.05, 3.63) is 41.5 Å². The summed E-state index contributed by atoms with van der Waals surface area (Å²) in [4.78, 5) is 27.6. The Morgan fingerprint density at radius 3 is 2.14 bits per heavy atom. The van der Waals surface area contributed by atoms with Crippen molar-refractivity contribution in [1.82, 2.24) is 0 Å². The second kappa shape index (κ2) is 3.89. The van der Waals surface area contributed by atoms with Gasteiger partial charge >= 0.3 is 0 Å². The highest BCUT2D eigenvalue weighted by Gasteiger charge is 2.67. The van der Waals surface area contributed by atoms with E-state index in [0.29, 0.717) is 23.7 Å². The van der Waals surface area contributed by atoms with Gasteiger partial charge in [-0.25, -0.2) is 4.90 Å². The van der Waals surface area contributed by atoms with Crippen molar-refractivity contribution in [2.75, 3.05) is 4.90 Å². The van der Waals surface area contributed by atoms with Crippen LogP contribution in [0.4, 0.5) is 5.69 Å². The summed E-state index contributed by atoms with van der Waals surface area (Å²) in [5.74, 6) is 1.77. The molecule has 1 aromatic rings. The highest BCUT2D eigenvalue weighted by atomic mass is 16.2. The van der Waals surface area contributed by atoms with Crippen LogP contribution in [0.1, 0.15) is 17.5 Å². The van der Waals surface area contributed by atoms with Gasteiger partial charge in [0.05, 0.1) is 17.5 Å². The third-order valence-electron chi connectivity index (χ3n) is 6.27. The number of carbonyl (C=O) groups excluding carboxylic acids is 2. The summed E-state index contributed by atoms with van der Waals surface area (Å²) in [5, 5.41) is 0. The Balaban J connectivity index is 1.62. The molecule has 6 rings (SSSR count). The van der Waals surface area contributed by atoms with Crippen LogP contribution in [0.3, 0.4) is 0 Å². The van der Waals surface area contributed by atoms with Gasteiger partial charge in [-0.1, -0.05) is 24.3 Å². The number of rotatable bonds is 1. The van der Waals surface area contributed by atoms with Gasteiger partial charge in [0, 0.05) is 0 Å². The van der Waals surface area contributed by atoms with Gasteiger partial charge in [0.1, 0.15) is 0 Å². The largest absolute Gasteiger partial charge is 0.274 e. The molecule has 112 valence electrons. The number of anilines is 1. The molecule has 2 bridgehead atoms. The molecule has 3 nitrogen and oxygen atoms in total. The normalized spacial score (nSPS) is 40.9. The van der Waals surface area contributed by atoms with Gasteiger partial charge in [0.15, 0.2) is 0 Å². The number of amides is 2. The van der Waals surface area contributed by atoms with Gasteiger partial charge in [0.25, 0.3) is 0 Å². The predicted octanol–water partition coefficient (Wildman–Crippen LogP) is 2.86. The third-order valence-corrected chi connectivity index (χ3v) is 6.27. The fourth-order valence-corrected chi connectivity index (χ4v) is 5.15. The zero-order chi connectivity index (χ0) is 15.2. The molecule has 2 amide bonds. The molecule has 0 spiro atoms. The average Bonchev–Trinajstić information content (AvgIpc) is 3.28. The van der Waals surface area contributed by atoms with Crippen molar-refractivity contribution in [3.8, 4) is 0 Å². The molecule has 1 aromatic carbocycles. The van der Waals surface area contributed by atoms with Crippen LogP contribution < -0.4 is 4.90 Å². The lowest BCUT2D eigenvalue weighted by Crippen LogP contribution is -2.40. The maximum Gasteiger partial charge on any atom is 0.238 e. The van der Waals surface area contributed by atoms with E-state index in [2.05, 4.69) is 12.2 Å². The summed E-state index contributed by atoms with van der Waals surface area (Å²) in [6, 6.07) is 5.99. The molecule has 1 aliphatic heterocycles. The SMILES string of the molecule is Cc1ccc(C)c(N2C(=O)[C@@H]3[C@H]4C=C[C@@H]([C@@H]5C[C@H]45)[C@H]3C2=O)c1. The van der Waals surface area contributed by atoms with Crippen LogP contribution in [-0.2, 0) is 9.59 Å². The highest BCUT2D eigenvalue weighted by Crippen LogP contribution is 2.65. The van der Waals surface area contributed by atoms with Crippen LogP contribution in [0.5, 0.6) is 0 Å². The lowest BCUT2D eigenvalue weighted by molar-refractivity contribution is -0.124. The van der Waals surface area contributed by atoms with Crippen LogP contribution in [0, 0.1) is 49.4 Å². The summed E-state index contributed by atoms with van der Waals surface area (Å²) in [6.45, 7) is 3.98. The molecule has 1 saturated heterocycles. The first-order valence-corrected chi connectivity index (χ1v) is 8.21. The van der Waals surface area contributed by atoms with Gasteiger partial charge in [-0.15, -0.1) is 0 Å². The van der Waals surface area contributed by atoms with Gasteiger partial charge in [-0.05, 0) is 61.1 Å². The lowest BCUT2D eigenvalue weighted by Gasteiger charge is -2.37. The van der Waals surface area contributed by atoms with E-state index in [1.165, 1.54) is 11.3 Å². The van der Waals surface area contributed by atoms with Crippen LogP contribution in [0.25, 0.3) is 0 Å². The highest BCUT2D eigenvalue weighted by molar-refractivity contribution is 6.23. The Hall–Kier alpha value is -1.90. The van der Waals surface area contributed by atoms with E-state index < -0.39 is 0 Å². The van der Waals surface area contributed by atoms with E-state index in [4.69, 9.17) is 0 Å². The van der Waals surface area contributed by atoms with Gasteiger partial charge in [0.2, 0.25) is 11.8 Å². The molecule has 0 N–H and O–H groups in total. The third kappa shape index (κ3) is 1.37. The summed E-state index contributed by atoms with van der Waals surface area (Å²) in [7, 11) is 0. The number of hydrogen-bond donors (Lipinski definition) is 0. The quantitative estimate of drug-likeness (QED) is 0.590. The summed E-state index contributed by atoms with van der Waals surface area (Å²) < 4.78 is 0. The average molecular weight is 293 g/mol. The van der Waals surface area contributed by atoms with Crippen molar-refractivity contribution in [1.29, 1.82) is 0 Å². The van der Waals surface area contributed by atoms with E-state index in [1.54, 1.807) is 0 Å². The van der Waals surface area contributed by atoms with Crippen molar-refractivity contribution < 1.29 is 9.59 Å². The van der Waals surface area contributed by atoms with E-state index in [0.717, 1.165) is 16.8 Å². The first kappa shape index (κ1) is 12.6. The van der Waals surface area contributed by atoms with Crippen molar-refractivity contribution in [2.24, 2.45) is 35.5 Å². The number of allylic oxidation sites excluding steroid dienone is 2. The minimum atomic E-state index is -0.105. The molecule has 2 saturated carbocycles. The topological polar surface area (TPSA) is 37.4 Å². The molecular formula is C19H19NO2. The minimum absolute atomic E-state index is 0.0356. The van der Waals surface area contributed by atoms with E-state index in [1.807, 2.05) is 32.0 Å². The molecule has 5 aliphatic rings. The fraction of sp³-hybridized carbons (Fsp3) is 0.474. The Morgan fingerprint density at radius 1 is 0.955 bits per heavy atom. The van der Waals surface area contributed by atoms with Crippen LogP contribution >= 0.6 is 0 Å². The number of carbonyl (C=O) groups is 2. The maximum absolute atomic E-state index is 13.0. The maximum atomic E-state index is 13.0. The van der Waals surface area contributed by atoms with E-state index in [9.17, 15) is 9.59 Å². The molecule has 3 fully saturated rings. The van der Waals surface area contributed by atoms with Gasteiger partial charge in [-0.2, -0.15) is 0 Å². The lowest BCUT2D eigenvalue weighted by atomic mass is 9.63. The Kier molecular flexibility index (Phi) is 2.23. The number of imide groups is 1. The number of aryl methyl sites for hydroxylation is 2. The van der Waals surface area contributed by atoms with Crippen LogP contribution in [-0.4, -0.2) is 11.8 Å². The molecular weight excluding hydrogens is 274 g/mol. The van der Waals surface area contributed by atoms with E-state index >= 15 is 0 Å². The number of nitrogens with zero attached hydrogens (tertiary/aromatic N) is 1. The first-order chi connectivity index (χ1) is 10.6. The zero-order valence-electron chi connectivity index (χ0n) is 12.8. The molecule has 1 heterocycles. The van der Waals surface area contributed by atoms with Crippen LogP contribution in [0.15, 0.2) is 30.4 Å². The molecule has 0 unspecified atom stereocenters. The zero-order valence-corrected chi connectivity index (χ0v) is 12.8. The predicted molar refractivity (Wildman–Crippen MR) is 83.1 cm³/mol. The molecule has 0 radical (unpaired) electrons. The van der Waals surface area contributed by atoms with Gasteiger partial charge in [-0.3, -0.25) is 9.59 Å². The standard InChI is InChI=1S/C19H19NO2/c1-9-3-4-10(2)15(7-9)20-18(21)16-11-5-6-12(14-8-13(11)14)17(16)19(20)22/h3-7,11-14,16-17H,8H2,1-2H3/t11-,12-,13-,14+,16+,17+/m0/s1. The summed E-state index contributed by atoms with van der Waals surface area (Å²) in [5.41, 5.74) is 2.87. The van der Waals surface area contributed by atoms with Gasteiger partial charge < -0.3 is 0 Å².